The van der Waals surface area contributed by atoms with Gasteiger partial charge in [0.15, 0.2) is 6.10 Å². The molecule has 63 heavy (non-hydrogen) atoms. The van der Waals surface area contributed by atoms with Crippen LogP contribution in [0.5, 0.6) is 0 Å². The van der Waals surface area contributed by atoms with E-state index >= 15 is 0 Å². The van der Waals surface area contributed by atoms with Crippen LogP contribution >= 0.6 is 7.82 Å². The number of ether oxygens (including phenoxy) is 2. The van der Waals surface area contributed by atoms with Crippen molar-refractivity contribution in [1.29, 1.82) is 0 Å². The zero-order chi connectivity index (χ0) is 46.4. The Hall–Kier alpha value is -2.29. The van der Waals surface area contributed by atoms with Crippen molar-refractivity contribution in [2.75, 3.05) is 47.5 Å². The van der Waals surface area contributed by atoms with Crippen molar-refractivity contribution in [1.82, 2.24) is 0 Å². The number of phosphoric acid groups is 1. The molecule has 0 aliphatic rings. The predicted molar refractivity (Wildman–Crippen MR) is 263 cm³/mol. The quantitative estimate of drug-likeness (QED) is 0.0195. The molecule has 0 aromatic carbocycles. The summed E-state index contributed by atoms with van der Waals surface area (Å²) in [4.78, 5) is 37.7. The minimum Gasteiger partial charge on any atom is -0.756 e. The summed E-state index contributed by atoms with van der Waals surface area (Å²) in [6, 6.07) is 0. The molecule has 0 aliphatic heterocycles. The lowest BCUT2D eigenvalue weighted by atomic mass is 10.0. The minimum atomic E-state index is -4.64. The highest BCUT2D eigenvalue weighted by atomic mass is 31.2. The van der Waals surface area contributed by atoms with Crippen LogP contribution in [0.3, 0.4) is 0 Å². The summed E-state index contributed by atoms with van der Waals surface area (Å²) in [5.41, 5.74) is 0. The number of rotatable bonds is 46. The average Bonchev–Trinajstić information content (AvgIpc) is 3.24. The monoisotopic (exact) mass is 906 g/mol. The van der Waals surface area contributed by atoms with Crippen LogP contribution in [0.4, 0.5) is 0 Å². The maximum Gasteiger partial charge on any atom is 0.306 e. The number of carbonyl (C=O) groups excluding carboxylic acids is 2. The van der Waals surface area contributed by atoms with E-state index < -0.39 is 32.5 Å². The molecular formula is C53H96NO8P. The van der Waals surface area contributed by atoms with E-state index in [0.29, 0.717) is 23.9 Å². The Labute approximate surface area is 387 Å². The third-order valence-electron chi connectivity index (χ3n) is 10.8. The maximum atomic E-state index is 12.7. The Morgan fingerprint density at radius 3 is 1.33 bits per heavy atom. The number of phosphoric ester groups is 1. The molecule has 0 saturated carbocycles. The molecular weight excluding hydrogens is 810 g/mol. The molecule has 366 valence electrons. The molecule has 0 heterocycles. The Morgan fingerprint density at radius 2 is 0.905 bits per heavy atom. The predicted octanol–water partition coefficient (Wildman–Crippen LogP) is 14.6. The van der Waals surface area contributed by atoms with E-state index in [1.807, 2.05) is 21.1 Å². The molecule has 0 N–H and O–H groups in total. The first-order valence-electron chi connectivity index (χ1n) is 25.5. The first-order chi connectivity index (χ1) is 30.5. The van der Waals surface area contributed by atoms with E-state index in [2.05, 4.69) is 74.6 Å². The standard InChI is InChI=1S/C53H96NO8P/c1-6-8-10-12-14-16-18-20-22-24-25-26-27-28-30-32-34-36-38-40-42-44-46-53(56)62-51(50-61-63(57,58)60-48-47-54(3,4)5)49-59-52(55)45-43-41-39-37-35-33-31-29-23-21-19-17-15-13-11-9-7-2/h9,11,15,17,21,23,31,33,37,39,51H,6-8,10,12-14,16,18-20,22,24-30,32,34-36,38,40-50H2,1-5H3/b11-9+,17-15+,23-21+,33-31+,39-37+/t51-/m1/s1. The van der Waals surface area contributed by atoms with E-state index in [9.17, 15) is 19.0 Å². The van der Waals surface area contributed by atoms with Gasteiger partial charge in [-0.2, -0.15) is 0 Å². The van der Waals surface area contributed by atoms with Crippen molar-refractivity contribution in [3.05, 3.63) is 60.8 Å². The first-order valence-corrected chi connectivity index (χ1v) is 27.0. The van der Waals surface area contributed by atoms with Crippen LogP contribution in [0.1, 0.15) is 213 Å². The highest BCUT2D eigenvalue weighted by Gasteiger charge is 2.21. The lowest BCUT2D eigenvalue weighted by Crippen LogP contribution is -2.37. The van der Waals surface area contributed by atoms with Gasteiger partial charge in [-0.05, 0) is 51.4 Å². The highest BCUT2D eigenvalue weighted by Crippen LogP contribution is 2.38. The third kappa shape index (κ3) is 49.0. The van der Waals surface area contributed by atoms with E-state index in [1.54, 1.807) is 0 Å². The van der Waals surface area contributed by atoms with E-state index in [-0.39, 0.29) is 26.1 Å². The number of nitrogens with zero attached hydrogens (tertiary/aromatic N) is 1. The Balaban J connectivity index is 4.30. The summed E-state index contributed by atoms with van der Waals surface area (Å²) < 4.78 is 34.0. The number of carbonyl (C=O) groups is 2. The molecule has 2 atom stereocenters. The normalized spacial score (nSPS) is 13.9. The zero-order valence-corrected chi connectivity index (χ0v) is 42.2. The highest BCUT2D eigenvalue weighted by molar-refractivity contribution is 7.45. The van der Waals surface area contributed by atoms with Crippen LogP contribution in [-0.2, 0) is 32.7 Å². The molecule has 0 rings (SSSR count). The van der Waals surface area contributed by atoms with Crippen LogP contribution in [0, 0.1) is 0 Å². The molecule has 0 aromatic rings. The lowest BCUT2D eigenvalue weighted by molar-refractivity contribution is -0.870. The van der Waals surface area contributed by atoms with Gasteiger partial charge in [-0.1, -0.05) is 209 Å². The zero-order valence-electron chi connectivity index (χ0n) is 41.3. The molecule has 0 radical (unpaired) electrons. The van der Waals surface area contributed by atoms with Crippen LogP contribution in [0.25, 0.3) is 0 Å². The summed E-state index contributed by atoms with van der Waals surface area (Å²) in [6.07, 6.45) is 55.5. The second-order valence-corrected chi connectivity index (χ2v) is 19.6. The van der Waals surface area contributed by atoms with Crippen LogP contribution in [0.2, 0.25) is 0 Å². The molecule has 9 nitrogen and oxygen atoms in total. The fourth-order valence-corrected chi connectivity index (χ4v) is 7.60. The average molecular weight is 906 g/mol. The number of hydrogen-bond donors (Lipinski definition) is 0. The molecule has 0 fully saturated rings. The molecule has 0 bridgehead atoms. The number of unbranched alkanes of at least 4 members (excludes halogenated alkanes) is 22. The number of allylic oxidation sites excluding steroid dienone is 10. The molecule has 0 aliphatic carbocycles. The summed E-state index contributed by atoms with van der Waals surface area (Å²) in [6.45, 7) is 4.07. The molecule has 0 aromatic heterocycles. The van der Waals surface area contributed by atoms with E-state index in [1.165, 1.54) is 116 Å². The van der Waals surface area contributed by atoms with Gasteiger partial charge in [-0.25, -0.2) is 0 Å². The van der Waals surface area contributed by atoms with Gasteiger partial charge in [0.2, 0.25) is 0 Å². The van der Waals surface area contributed by atoms with E-state index in [4.69, 9.17) is 18.5 Å². The second kappa shape index (κ2) is 44.9. The first kappa shape index (κ1) is 60.7. The minimum absolute atomic E-state index is 0.0406. The summed E-state index contributed by atoms with van der Waals surface area (Å²) in [7, 11) is 1.14. The fraction of sp³-hybridized carbons (Fsp3) is 0.774. The SMILES string of the molecule is CC/C=C/C/C=C/C/C=C/C/C=C/C/C=C/CCCC(=O)OC[C@H](COP(=O)([O-])OCC[N+](C)(C)C)OC(=O)CCCCCCCCCCCCCCCCCCCCCCCC. The van der Waals surface area contributed by atoms with E-state index in [0.717, 1.165) is 57.8 Å². The summed E-state index contributed by atoms with van der Waals surface area (Å²) in [5, 5.41) is 0. The van der Waals surface area contributed by atoms with Crippen molar-refractivity contribution in [2.45, 2.75) is 219 Å². The fourth-order valence-electron chi connectivity index (χ4n) is 6.87. The van der Waals surface area contributed by atoms with Gasteiger partial charge in [-0.3, -0.25) is 14.2 Å². The second-order valence-electron chi connectivity index (χ2n) is 18.2. The lowest BCUT2D eigenvalue weighted by Gasteiger charge is -2.28. The van der Waals surface area contributed by atoms with Crippen molar-refractivity contribution in [3.63, 3.8) is 0 Å². The Kier molecular flexibility index (Phi) is 43.3. The van der Waals surface area contributed by atoms with Crippen molar-refractivity contribution >= 4 is 19.8 Å². The number of quaternary nitrogens is 1. The van der Waals surface area contributed by atoms with Crippen LogP contribution in [0.15, 0.2) is 60.8 Å². The van der Waals surface area contributed by atoms with Crippen molar-refractivity contribution in [3.8, 4) is 0 Å². The topological polar surface area (TPSA) is 111 Å². The Morgan fingerprint density at radius 1 is 0.508 bits per heavy atom. The molecule has 0 spiro atoms. The van der Waals surface area contributed by atoms with Gasteiger partial charge >= 0.3 is 11.9 Å². The van der Waals surface area contributed by atoms with Gasteiger partial charge < -0.3 is 27.9 Å². The van der Waals surface area contributed by atoms with Gasteiger partial charge in [0, 0.05) is 12.8 Å². The van der Waals surface area contributed by atoms with Gasteiger partial charge in [-0.15, -0.1) is 0 Å². The van der Waals surface area contributed by atoms with Gasteiger partial charge in [0.25, 0.3) is 7.82 Å². The number of esters is 2. The van der Waals surface area contributed by atoms with Crippen molar-refractivity contribution < 1.29 is 42.1 Å². The molecule has 0 amide bonds. The smallest absolute Gasteiger partial charge is 0.306 e. The summed E-state index contributed by atoms with van der Waals surface area (Å²) in [5.74, 6) is -0.898. The van der Waals surface area contributed by atoms with Crippen LogP contribution < -0.4 is 4.89 Å². The van der Waals surface area contributed by atoms with Crippen molar-refractivity contribution in [2.24, 2.45) is 0 Å². The molecule has 10 heteroatoms. The third-order valence-corrected chi connectivity index (χ3v) is 11.8. The number of likely N-dealkylation sites (N-methyl/N-ethyl adjacent to an activating group) is 1. The van der Waals surface area contributed by atoms with Crippen LogP contribution in [-0.4, -0.2) is 70.0 Å². The summed E-state index contributed by atoms with van der Waals surface area (Å²) >= 11 is 0. The van der Waals surface area contributed by atoms with Gasteiger partial charge in [0.1, 0.15) is 19.8 Å². The number of hydrogen-bond acceptors (Lipinski definition) is 8. The maximum absolute atomic E-state index is 12.7. The Bertz CT molecular complexity index is 1250. The molecule has 0 saturated heterocycles. The molecule has 1 unspecified atom stereocenters. The van der Waals surface area contributed by atoms with Gasteiger partial charge in [0.05, 0.1) is 27.7 Å². The largest absolute Gasteiger partial charge is 0.756 e.